The molecule has 0 bridgehead atoms. The lowest BCUT2D eigenvalue weighted by molar-refractivity contribution is -0.0139. The lowest BCUT2D eigenvalue weighted by Crippen LogP contribution is -2.20. The van der Waals surface area contributed by atoms with E-state index in [1.807, 2.05) is 21.6 Å². The van der Waals surface area contributed by atoms with Crippen molar-refractivity contribution in [3.05, 3.63) is 0 Å². The Kier molecular flexibility index (Phi) is 27.8. The highest BCUT2D eigenvalue weighted by molar-refractivity contribution is 8.76. The van der Waals surface area contributed by atoms with Crippen molar-refractivity contribution in [3.63, 3.8) is 0 Å². The predicted octanol–water partition coefficient (Wildman–Crippen LogP) is 1.04. The molecule has 0 spiro atoms. The van der Waals surface area contributed by atoms with Gasteiger partial charge >= 0.3 is 0 Å². The number of nitrogens with one attached hydrogen (secondary N) is 1. The van der Waals surface area contributed by atoms with E-state index in [4.69, 9.17) is 34.2 Å². The molecule has 28 heavy (non-hydrogen) atoms. The second kappa shape index (κ2) is 27.4. The molecule has 10 heteroatoms. The van der Waals surface area contributed by atoms with Crippen molar-refractivity contribution in [2.24, 2.45) is 5.73 Å². The Labute approximate surface area is 178 Å². The van der Waals surface area contributed by atoms with Crippen molar-refractivity contribution in [2.75, 3.05) is 111 Å². The third-order valence-electron chi connectivity index (χ3n) is 3.23. The van der Waals surface area contributed by atoms with Crippen molar-refractivity contribution < 1.29 is 28.4 Å². The summed E-state index contributed by atoms with van der Waals surface area (Å²) >= 11 is 0. The summed E-state index contributed by atoms with van der Waals surface area (Å²) < 4.78 is 32.0. The van der Waals surface area contributed by atoms with Crippen LogP contribution >= 0.6 is 21.6 Å². The Bertz CT molecular complexity index is 258. The van der Waals surface area contributed by atoms with Crippen LogP contribution in [0.25, 0.3) is 0 Å². The molecule has 0 atom stereocenters. The minimum absolute atomic E-state index is 0.565. The summed E-state index contributed by atoms with van der Waals surface area (Å²) in [5, 5.41) is 3.36. The van der Waals surface area contributed by atoms with Gasteiger partial charge in [-0.05, 0) is 19.5 Å². The maximum absolute atomic E-state index is 5.53. The molecule has 0 saturated carbocycles. The van der Waals surface area contributed by atoms with Crippen LogP contribution < -0.4 is 11.1 Å². The zero-order chi connectivity index (χ0) is 20.4. The van der Waals surface area contributed by atoms with Gasteiger partial charge in [0.2, 0.25) is 0 Å². The molecule has 170 valence electrons. The zero-order valence-corrected chi connectivity index (χ0v) is 19.0. The van der Waals surface area contributed by atoms with Crippen LogP contribution in [0.3, 0.4) is 0 Å². The Balaban J connectivity index is 2.96. The van der Waals surface area contributed by atoms with Gasteiger partial charge in [0.25, 0.3) is 0 Å². The van der Waals surface area contributed by atoms with Crippen LogP contribution in [-0.2, 0) is 28.4 Å². The van der Waals surface area contributed by atoms with E-state index in [2.05, 4.69) is 5.32 Å². The Morgan fingerprint density at radius 3 is 1.57 bits per heavy atom. The highest BCUT2D eigenvalue weighted by Gasteiger charge is 1.95. The molecule has 3 N–H and O–H groups in total. The summed E-state index contributed by atoms with van der Waals surface area (Å²) in [5.41, 5.74) is 5.43. The molecule has 0 aliphatic heterocycles. The highest BCUT2D eigenvalue weighted by atomic mass is 33.1. The van der Waals surface area contributed by atoms with E-state index in [0.717, 1.165) is 44.2 Å². The maximum Gasteiger partial charge on any atom is 0.0701 e. The van der Waals surface area contributed by atoms with Crippen LogP contribution in [0.5, 0.6) is 0 Å². The molecule has 0 heterocycles. The fraction of sp³-hybridized carbons (Fsp3) is 1.00. The molecule has 0 amide bonds. The van der Waals surface area contributed by atoms with Gasteiger partial charge in [-0.2, -0.15) is 0 Å². The van der Waals surface area contributed by atoms with Crippen LogP contribution in [0, 0.1) is 0 Å². The lowest BCUT2D eigenvalue weighted by Gasteiger charge is -2.08. The number of hydrogen-bond donors (Lipinski definition) is 2. The van der Waals surface area contributed by atoms with Crippen LogP contribution in [0.2, 0.25) is 0 Å². The summed E-state index contributed by atoms with van der Waals surface area (Å²) in [6.07, 6.45) is 1.04. The number of methoxy groups -OCH3 is 1. The van der Waals surface area contributed by atoms with E-state index in [-0.39, 0.29) is 0 Å². The first-order chi connectivity index (χ1) is 13.9. The van der Waals surface area contributed by atoms with Gasteiger partial charge in [0, 0.05) is 25.2 Å². The number of hydrogen-bond acceptors (Lipinski definition) is 10. The van der Waals surface area contributed by atoms with Crippen LogP contribution in [0.1, 0.15) is 6.42 Å². The SMILES string of the molecule is COCCOCCOCCOCCOCCOCCSSCCNCCCN. The predicted molar refractivity (Wildman–Crippen MR) is 117 cm³/mol. The molecule has 0 aliphatic carbocycles. The molecule has 0 aliphatic rings. The molecule has 0 aromatic rings. The summed E-state index contributed by atoms with van der Waals surface area (Å²) in [6.45, 7) is 9.41. The maximum atomic E-state index is 5.53. The normalized spacial score (nSPS) is 11.4. The van der Waals surface area contributed by atoms with Crippen molar-refractivity contribution >= 4 is 21.6 Å². The minimum Gasteiger partial charge on any atom is -0.382 e. The molecule has 0 aromatic heterocycles. The minimum atomic E-state index is 0.565. The second-order valence-corrected chi connectivity index (χ2v) is 8.29. The highest BCUT2D eigenvalue weighted by Crippen LogP contribution is 2.19. The smallest absolute Gasteiger partial charge is 0.0701 e. The molecule has 0 unspecified atom stereocenters. The Hall–Kier alpha value is 0.380. The van der Waals surface area contributed by atoms with Crippen LogP contribution in [0.15, 0.2) is 0 Å². The topological polar surface area (TPSA) is 93.4 Å². The van der Waals surface area contributed by atoms with Gasteiger partial charge in [0.05, 0.1) is 72.7 Å². The van der Waals surface area contributed by atoms with Gasteiger partial charge in [-0.3, -0.25) is 0 Å². The average Bonchev–Trinajstić information content (AvgIpc) is 2.71. The first kappa shape index (κ1) is 28.4. The van der Waals surface area contributed by atoms with E-state index >= 15 is 0 Å². The van der Waals surface area contributed by atoms with E-state index in [1.165, 1.54) is 0 Å². The number of rotatable bonds is 25. The number of ether oxygens (including phenoxy) is 6. The van der Waals surface area contributed by atoms with E-state index in [0.29, 0.717) is 66.1 Å². The van der Waals surface area contributed by atoms with E-state index in [1.54, 1.807) is 7.11 Å². The molecule has 0 radical (unpaired) electrons. The first-order valence-corrected chi connectivity index (χ1v) is 12.4. The van der Waals surface area contributed by atoms with Gasteiger partial charge in [0.1, 0.15) is 0 Å². The number of nitrogens with two attached hydrogens (primary N) is 1. The van der Waals surface area contributed by atoms with E-state index in [9.17, 15) is 0 Å². The van der Waals surface area contributed by atoms with Crippen molar-refractivity contribution in [1.82, 2.24) is 5.32 Å². The molecule has 0 aromatic carbocycles. The van der Waals surface area contributed by atoms with Gasteiger partial charge in [0.15, 0.2) is 0 Å². The van der Waals surface area contributed by atoms with Crippen molar-refractivity contribution in [2.45, 2.75) is 6.42 Å². The van der Waals surface area contributed by atoms with Crippen LogP contribution in [0.4, 0.5) is 0 Å². The summed E-state index contributed by atoms with van der Waals surface area (Å²) in [4.78, 5) is 0. The van der Waals surface area contributed by atoms with Gasteiger partial charge in [-0.15, -0.1) is 0 Å². The summed E-state index contributed by atoms with van der Waals surface area (Å²) in [5.74, 6) is 2.10. The zero-order valence-electron chi connectivity index (χ0n) is 17.4. The molecular weight excluding hydrogens is 404 g/mol. The fourth-order valence-electron chi connectivity index (χ4n) is 1.80. The van der Waals surface area contributed by atoms with Crippen LogP contribution in [-0.4, -0.2) is 111 Å². The summed E-state index contributed by atoms with van der Waals surface area (Å²) in [7, 11) is 5.37. The van der Waals surface area contributed by atoms with E-state index < -0.39 is 0 Å². The molecule has 0 rings (SSSR count). The molecule has 0 saturated heterocycles. The molecule has 8 nitrogen and oxygen atoms in total. The van der Waals surface area contributed by atoms with Gasteiger partial charge in [-0.25, -0.2) is 0 Å². The molecular formula is C18H40N2O6S2. The monoisotopic (exact) mass is 444 g/mol. The molecule has 0 fully saturated rings. The van der Waals surface area contributed by atoms with Crippen molar-refractivity contribution in [3.8, 4) is 0 Å². The fourth-order valence-corrected chi connectivity index (χ4v) is 3.61. The third-order valence-corrected chi connectivity index (χ3v) is 5.60. The van der Waals surface area contributed by atoms with Crippen molar-refractivity contribution in [1.29, 1.82) is 0 Å². The quantitative estimate of drug-likeness (QED) is 0.157. The third kappa shape index (κ3) is 26.4. The van der Waals surface area contributed by atoms with Gasteiger partial charge in [-0.1, -0.05) is 21.6 Å². The standard InChI is InChI=1S/C18H40N2O6S2/c1-21-6-7-22-8-9-23-10-11-24-12-13-25-14-15-26-16-18-28-27-17-5-20-4-2-3-19/h20H,2-19H2,1H3. The first-order valence-electron chi connectivity index (χ1n) is 9.94. The lowest BCUT2D eigenvalue weighted by atomic mass is 10.4. The Morgan fingerprint density at radius 1 is 0.607 bits per heavy atom. The Morgan fingerprint density at radius 2 is 1.07 bits per heavy atom. The second-order valence-electron chi connectivity index (χ2n) is 5.59. The largest absolute Gasteiger partial charge is 0.382 e. The van der Waals surface area contributed by atoms with Gasteiger partial charge < -0.3 is 39.5 Å². The average molecular weight is 445 g/mol. The summed E-state index contributed by atoms with van der Waals surface area (Å²) in [6, 6.07) is 0.